The van der Waals surface area contributed by atoms with Crippen molar-refractivity contribution in [2.24, 2.45) is 5.92 Å². The number of fused-ring (bicyclic) bond motifs is 1. The molecule has 2 heterocycles. The second-order valence-electron chi connectivity index (χ2n) is 6.73. The van der Waals surface area contributed by atoms with Gasteiger partial charge in [-0.05, 0) is 50.4 Å². The smallest absolute Gasteiger partial charge is 0.221 e. The van der Waals surface area contributed by atoms with Gasteiger partial charge in [-0.15, -0.1) is 0 Å². The number of benzene rings is 1. The Morgan fingerprint density at radius 1 is 1.23 bits per heavy atom. The van der Waals surface area contributed by atoms with E-state index in [0.29, 0.717) is 37.2 Å². The molecular weight excluding hydrogens is 356 g/mol. The van der Waals surface area contributed by atoms with Crippen molar-refractivity contribution < 1.29 is 22.7 Å². The molecule has 2 aliphatic heterocycles. The normalized spacial score (nSPS) is 19.8. The van der Waals surface area contributed by atoms with Gasteiger partial charge >= 0.3 is 0 Å². The lowest BCUT2D eigenvalue weighted by molar-refractivity contribution is -0.120. The quantitative estimate of drug-likeness (QED) is 0.734. The highest BCUT2D eigenvalue weighted by Crippen LogP contribution is 2.32. The van der Waals surface area contributed by atoms with Gasteiger partial charge in [0.15, 0.2) is 21.3 Å². The Kier molecular flexibility index (Phi) is 6.37. The largest absolute Gasteiger partial charge is 0.486 e. The summed E-state index contributed by atoms with van der Waals surface area (Å²) in [4.78, 5) is 12.1. The van der Waals surface area contributed by atoms with Crippen molar-refractivity contribution in [2.75, 3.05) is 38.6 Å². The summed E-state index contributed by atoms with van der Waals surface area (Å²) in [5, 5.41) is 6.17. The first-order valence-electron chi connectivity index (χ1n) is 9.14. The molecule has 0 spiro atoms. The molecule has 26 heavy (non-hydrogen) atoms. The second kappa shape index (κ2) is 8.73. The van der Waals surface area contributed by atoms with E-state index in [9.17, 15) is 13.2 Å². The maximum absolute atomic E-state index is 12.5. The fraction of sp³-hybridized carbons (Fsp3) is 0.611. The van der Waals surface area contributed by atoms with E-state index in [1.54, 1.807) is 6.07 Å². The van der Waals surface area contributed by atoms with Gasteiger partial charge in [0.1, 0.15) is 13.2 Å². The summed E-state index contributed by atoms with van der Waals surface area (Å²) < 4.78 is 35.7. The van der Waals surface area contributed by atoms with Crippen molar-refractivity contribution in [1.82, 2.24) is 10.6 Å². The van der Waals surface area contributed by atoms with Crippen molar-refractivity contribution in [3.63, 3.8) is 0 Å². The molecule has 0 saturated carbocycles. The van der Waals surface area contributed by atoms with Gasteiger partial charge in [0.05, 0.1) is 10.6 Å². The zero-order valence-corrected chi connectivity index (χ0v) is 15.6. The first-order valence-corrected chi connectivity index (χ1v) is 10.8. The maximum atomic E-state index is 12.5. The number of sulfone groups is 1. The number of nitrogens with one attached hydrogen (secondary N) is 2. The van der Waals surface area contributed by atoms with Gasteiger partial charge in [-0.2, -0.15) is 0 Å². The number of rotatable bonds is 7. The molecule has 144 valence electrons. The molecule has 1 atom stereocenters. The molecular formula is C18H26N2O5S. The van der Waals surface area contributed by atoms with Crippen molar-refractivity contribution in [2.45, 2.75) is 30.6 Å². The lowest BCUT2D eigenvalue weighted by Gasteiger charge is -2.22. The van der Waals surface area contributed by atoms with Gasteiger partial charge in [0, 0.05) is 19.0 Å². The Balaban J connectivity index is 1.46. The summed E-state index contributed by atoms with van der Waals surface area (Å²) in [5.74, 6) is 1.12. The van der Waals surface area contributed by atoms with Crippen LogP contribution in [0.3, 0.4) is 0 Å². The standard InChI is InChI=1S/C18H26N2O5S/c21-18(20-8-5-14-2-1-7-19-13-14)6-11-26(22,23)15-3-4-16-17(12-15)25-10-9-24-16/h3-4,12,14,19H,1-2,5-11,13H2,(H,20,21). The zero-order chi connectivity index (χ0) is 18.4. The minimum absolute atomic E-state index is 0.0420. The number of amides is 1. The van der Waals surface area contributed by atoms with Crippen LogP contribution in [0.25, 0.3) is 0 Å². The van der Waals surface area contributed by atoms with Crippen LogP contribution in [0.1, 0.15) is 25.7 Å². The van der Waals surface area contributed by atoms with E-state index in [4.69, 9.17) is 9.47 Å². The summed E-state index contributed by atoms with van der Waals surface area (Å²) in [6.07, 6.45) is 3.24. The summed E-state index contributed by atoms with van der Waals surface area (Å²) in [6, 6.07) is 4.56. The van der Waals surface area contributed by atoms with Crippen LogP contribution in [0.15, 0.2) is 23.1 Å². The summed E-state index contributed by atoms with van der Waals surface area (Å²) in [5.41, 5.74) is 0. The van der Waals surface area contributed by atoms with Crippen LogP contribution in [0.5, 0.6) is 11.5 Å². The van der Waals surface area contributed by atoms with Crippen molar-refractivity contribution in [3.8, 4) is 11.5 Å². The molecule has 1 aromatic rings. The molecule has 1 aromatic carbocycles. The molecule has 0 aliphatic carbocycles. The predicted octanol–water partition coefficient (Wildman–Crippen LogP) is 1.13. The van der Waals surface area contributed by atoms with E-state index in [0.717, 1.165) is 19.5 Å². The monoisotopic (exact) mass is 382 g/mol. The number of piperidine rings is 1. The minimum Gasteiger partial charge on any atom is -0.486 e. The predicted molar refractivity (Wildman–Crippen MR) is 97.3 cm³/mol. The molecule has 0 radical (unpaired) electrons. The van der Waals surface area contributed by atoms with E-state index < -0.39 is 9.84 Å². The fourth-order valence-corrected chi connectivity index (χ4v) is 4.49. The maximum Gasteiger partial charge on any atom is 0.221 e. The third-order valence-corrected chi connectivity index (χ3v) is 6.46. The lowest BCUT2D eigenvalue weighted by Crippen LogP contribution is -2.33. The average Bonchev–Trinajstić information content (AvgIpc) is 2.67. The van der Waals surface area contributed by atoms with Gasteiger partial charge in [-0.25, -0.2) is 8.42 Å². The van der Waals surface area contributed by atoms with Crippen LogP contribution >= 0.6 is 0 Å². The molecule has 3 rings (SSSR count). The van der Waals surface area contributed by atoms with Crippen LogP contribution < -0.4 is 20.1 Å². The fourth-order valence-electron chi connectivity index (χ4n) is 3.24. The number of hydrogen-bond acceptors (Lipinski definition) is 6. The molecule has 1 unspecified atom stereocenters. The van der Waals surface area contributed by atoms with Gasteiger partial charge in [0.25, 0.3) is 0 Å². The van der Waals surface area contributed by atoms with Crippen LogP contribution in [-0.4, -0.2) is 52.9 Å². The van der Waals surface area contributed by atoms with Gasteiger partial charge < -0.3 is 20.1 Å². The molecule has 0 bridgehead atoms. The van der Waals surface area contributed by atoms with E-state index in [2.05, 4.69) is 10.6 Å². The Morgan fingerprint density at radius 2 is 2.04 bits per heavy atom. The first-order chi connectivity index (χ1) is 12.5. The Labute approximate surface area is 154 Å². The third-order valence-electron chi connectivity index (χ3n) is 4.74. The number of hydrogen-bond donors (Lipinski definition) is 2. The summed E-state index contributed by atoms with van der Waals surface area (Å²) in [7, 11) is -3.54. The van der Waals surface area contributed by atoms with Crippen molar-refractivity contribution >= 4 is 15.7 Å². The molecule has 1 saturated heterocycles. The van der Waals surface area contributed by atoms with E-state index in [-0.39, 0.29) is 23.0 Å². The summed E-state index contributed by atoms with van der Waals surface area (Å²) >= 11 is 0. The lowest BCUT2D eigenvalue weighted by atomic mass is 9.96. The van der Waals surface area contributed by atoms with Gasteiger partial charge in [0.2, 0.25) is 5.91 Å². The van der Waals surface area contributed by atoms with Crippen LogP contribution in [0, 0.1) is 5.92 Å². The molecule has 2 N–H and O–H groups in total. The third kappa shape index (κ3) is 5.11. The molecule has 0 aromatic heterocycles. The highest BCUT2D eigenvalue weighted by atomic mass is 32.2. The molecule has 7 nitrogen and oxygen atoms in total. The van der Waals surface area contributed by atoms with Crippen molar-refractivity contribution in [3.05, 3.63) is 18.2 Å². The Hall–Kier alpha value is -1.80. The van der Waals surface area contributed by atoms with Crippen molar-refractivity contribution in [1.29, 1.82) is 0 Å². The van der Waals surface area contributed by atoms with Gasteiger partial charge in [-0.3, -0.25) is 4.79 Å². The molecule has 8 heteroatoms. The topological polar surface area (TPSA) is 93.7 Å². The van der Waals surface area contributed by atoms with E-state index in [1.165, 1.54) is 25.0 Å². The zero-order valence-electron chi connectivity index (χ0n) is 14.8. The highest BCUT2D eigenvalue weighted by molar-refractivity contribution is 7.91. The second-order valence-corrected chi connectivity index (χ2v) is 8.83. The van der Waals surface area contributed by atoms with Gasteiger partial charge in [-0.1, -0.05) is 0 Å². The highest BCUT2D eigenvalue weighted by Gasteiger charge is 2.21. The van der Waals surface area contributed by atoms with Crippen LogP contribution in [0.4, 0.5) is 0 Å². The molecule has 1 fully saturated rings. The van der Waals surface area contributed by atoms with Crippen LogP contribution in [0.2, 0.25) is 0 Å². The Bertz CT molecular complexity index is 729. The molecule has 2 aliphatic rings. The average molecular weight is 382 g/mol. The Morgan fingerprint density at radius 3 is 2.81 bits per heavy atom. The van der Waals surface area contributed by atoms with E-state index in [1.807, 2.05) is 0 Å². The summed E-state index contributed by atoms with van der Waals surface area (Å²) in [6.45, 7) is 3.51. The van der Waals surface area contributed by atoms with Crippen LogP contribution in [-0.2, 0) is 14.6 Å². The van der Waals surface area contributed by atoms with E-state index >= 15 is 0 Å². The SMILES string of the molecule is O=C(CCS(=O)(=O)c1ccc2c(c1)OCCO2)NCCC1CCCNC1. The number of ether oxygens (including phenoxy) is 2. The molecule has 1 amide bonds. The minimum atomic E-state index is -3.54. The number of carbonyl (C=O) groups is 1. The first kappa shape index (κ1) is 19.0. The number of carbonyl (C=O) groups excluding carboxylic acids is 1.